The fourth-order valence-corrected chi connectivity index (χ4v) is 2.96. The van der Waals surface area contributed by atoms with E-state index in [-0.39, 0.29) is 28.7 Å². The molecule has 0 atom stereocenters. The van der Waals surface area contributed by atoms with E-state index in [0.717, 1.165) is 19.1 Å². The van der Waals surface area contributed by atoms with Crippen molar-refractivity contribution in [2.75, 3.05) is 6.26 Å². The number of hydrogen-bond acceptors (Lipinski definition) is 4. The van der Waals surface area contributed by atoms with Gasteiger partial charge in [-0.15, -0.1) is 0 Å². The van der Waals surface area contributed by atoms with Crippen molar-refractivity contribution in [1.82, 2.24) is 9.13 Å². The Kier molecular flexibility index (Phi) is 3.52. The lowest BCUT2D eigenvalue weighted by atomic mass is 10.2. The summed E-state index contributed by atoms with van der Waals surface area (Å²) in [6.07, 6.45) is 4.60. The van der Waals surface area contributed by atoms with Crippen LogP contribution in [0, 0.1) is 0 Å². The molecule has 22 heavy (non-hydrogen) atoms. The van der Waals surface area contributed by atoms with Crippen LogP contribution in [0.4, 0.5) is 0 Å². The number of sulfone groups is 1. The van der Waals surface area contributed by atoms with Crippen molar-refractivity contribution in [3.05, 3.63) is 62.9 Å². The van der Waals surface area contributed by atoms with E-state index in [9.17, 15) is 18.0 Å². The molecule has 0 N–H and O–H groups in total. The smallest absolute Gasteiger partial charge is 0.297 e. The largest absolute Gasteiger partial charge is 0.331 e. The molecule has 0 spiro atoms. The first-order valence-corrected chi connectivity index (χ1v) is 8.86. The second kappa shape index (κ2) is 5.24. The van der Waals surface area contributed by atoms with E-state index in [1.807, 2.05) is 0 Å². The Morgan fingerprint density at radius 1 is 1.09 bits per heavy atom. The van der Waals surface area contributed by atoms with Crippen LogP contribution in [0.5, 0.6) is 0 Å². The lowest BCUT2D eigenvalue weighted by molar-refractivity contribution is 0.590. The molecule has 0 aliphatic heterocycles. The highest BCUT2D eigenvalue weighted by Crippen LogP contribution is 2.32. The molecule has 1 heterocycles. The molecular weight excluding hydrogens is 304 g/mol. The van der Waals surface area contributed by atoms with Crippen LogP contribution < -0.4 is 11.2 Å². The van der Waals surface area contributed by atoms with Crippen LogP contribution >= 0.6 is 0 Å². The Morgan fingerprint density at radius 3 is 2.27 bits per heavy atom. The second-order valence-corrected chi connectivity index (χ2v) is 7.59. The topological polar surface area (TPSA) is 78.1 Å². The summed E-state index contributed by atoms with van der Waals surface area (Å²) in [5.74, 6) is 0. The van der Waals surface area contributed by atoms with E-state index in [2.05, 4.69) is 0 Å². The molecule has 0 saturated heterocycles. The molecule has 116 valence electrons. The summed E-state index contributed by atoms with van der Waals surface area (Å²) in [6.45, 7) is 0.134. The van der Waals surface area contributed by atoms with Crippen molar-refractivity contribution in [2.45, 2.75) is 30.3 Å². The molecule has 7 heteroatoms. The first-order chi connectivity index (χ1) is 10.4. The van der Waals surface area contributed by atoms with E-state index in [0.29, 0.717) is 5.56 Å². The highest BCUT2D eigenvalue weighted by atomic mass is 32.2. The third kappa shape index (κ3) is 2.89. The van der Waals surface area contributed by atoms with Crippen LogP contribution in [0.15, 0.2) is 51.0 Å². The maximum Gasteiger partial charge on any atom is 0.331 e. The summed E-state index contributed by atoms with van der Waals surface area (Å²) < 4.78 is 25.6. The average molecular weight is 320 g/mol. The van der Waals surface area contributed by atoms with Crippen LogP contribution in [-0.2, 0) is 16.4 Å². The highest BCUT2D eigenvalue weighted by Gasteiger charge is 2.25. The number of hydrogen-bond donors (Lipinski definition) is 0. The van der Waals surface area contributed by atoms with Crippen LogP contribution in [0.3, 0.4) is 0 Å². The summed E-state index contributed by atoms with van der Waals surface area (Å²) in [5.41, 5.74) is 0.0384. The molecule has 1 aromatic heterocycles. The fraction of sp³-hybridized carbons (Fsp3) is 0.333. The summed E-state index contributed by atoms with van der Waals surface area (Å²) in [4.78, 5) is 24.5. The normalized spacial score (nSPS) is 15.0. The Labute approximate surface area is 127 Å². The zero-order chi connectivity index (χ0) is 15.9. The van der Waals surface area contributed by atoms with Crippen molar-refractivity contribution in [2.24, 2.45) is 0 Å². The molecule has 6 nitrogen and oxygen atoms in total. The van der Waals surface area contributed by atoms with Gasteiger partial charge in [0, 0.05) is 24.6 Å². The minimum absolute atomic E-state index is 0.134. The van der Waals surface area contributed by atoms with E-state index in [1.54, 1.807) is 22.9 Å². The minimum atomic E-state index is -3.25. The predicted octanol–water partition coefficient (Wildman–Crippen LogP) is 0.797. The third-order valence-electron chi connectivity index (χ3n) is 3.73. The molecule has 3 rings (SSSR count). The maximum atomic E-state index is 12.3. The van der Waals surface area contributed by atoms with Gasteiger partial charge < -0.3 is 0 Å². The van der Waals surface area contributed by atoms with Gasteiger partial charge in [0.15, 0.2) is 9.84 Å². The van der Waals surface area contributed by atoms with E-state index in [4.69, 9.17) is 0 Å². The number of nitrogens with zero attached hydrogens (tertiary/aromatic N) is 2. The van der Waals surface area contributed by atoms with Gasteiger partial charge in [-0.25, -0.2) is 13.2 Å². The Bertz CT molecular complexity index is 919. The van der Waals surface area contributed by atoms with Crippen molar-refractivity contribution in [3.8, 4) is 0 Å². The van der Waals surface area contributed by atoms with Crippen LogP contribution in [0.25, 0.3) is 0 Å². The molecule has 1 aromatic carbocycles. The van der Waals surface area contributed by atoms with E-state index in [1.165, 1.54) is 22.8 Å². The third-order valence-corrected chi connectivity index (χ3v) is 4.86. The molecule has 1 saturated carbocycles. The summed E-state index contributed by atoms with van der Waals surface area (Å²) in [5, 5.41) is 0. The summed E-state index contributed by atoms with van der Waals surface area (Å²) in [7, 11) is -3.25. The molecule has 0 amide bonds. The van der Waals surface area contributed by atoms with Gasteiger partial charge in [0.05, 0.1) is 11.4 Å². The molecule has 0 unspecified atom stereocenters. The van der Waals surface area contributed by atoms with E-state index >= 15 is 0 Å². The van der Waals surface area contributed by atoms with Crippen molar-refractivity contribution in [1.29, 1.82) is 0 Å². The summed E-state index contributed by atoms with van der Waals surface area (Å²) >= 11 is 0. The van der Waals surface area contributed by atoms with Gasteiger partial charge in [-0.3, -0.25) is 13.9 Å². The van der Waals surface area contributed by atoms with Crippen LogP contribution in [0.1, 0.15) is 24.4 Å². The Hall–Kier alpha value is -2.15. The van der Waals surface area contributed by atoms with Crippen molar-refractivity contribution in [3.63, 3.8) is 0 Å². The zero-order valence-corrected chi connectivity index (χ0v) is 12.9. The average Bonchev–Trinajstić information content (AvgIpc) is 3.27. The number of rotatable bonds is 4. The monoisotopic (exact) mass is 320 g/mol. The van der Waals surface area contributed by atoms with Gasteiger partial charge in [0.2, 0.25) is 0 Å². The fourth-order valence-electron chi connectivity index (χ4n) is 2.33. The quantitative estimate of drug-likeness (QED) is 0.834. The van der Waals surface area contributed by atoms with Gasteiger partial charge >= 0.3 is 5.69 Å². The minimum Gasteiger partial charge on any atom is -0.297 e. The summed E-state index contributed by atoms with van der Waals surface area (Å²) in [6, 6.07) is 7.81. The Balaban J connectivity index is 1.95. The maximum absolute atomic E-state index is 12.3. The second-order valence-electron chi connectivity index (χ2n) is 5.58. The SMILES string of the molecule is CS(=O)(=O)c1ccc(Cn2c(=O)ccn(C3CC3)c2=O)cc1. The lowest BCUT2D eigenvalue weighted by Gasteiger charge is -2.09. The highest BCUT2D eigenvalue weighted by molar-refractivity contribution is 7.90. The predicted molar refractivity (Wildman–Crippen MR) is 81.9 cm³/mol. The van der Waals surface area contributed by atoms with Crippen molar-refractivity contribution < 1.29 is 8.42 Å². The van der Waals surface area contributed by atoms with Crippen molar-refractivity contribution >= 4 is 9.84 Å². The lowest BCUT2D eigenvalue weighted by Crippen LogP contribution is -2.38. The van der Waals surface area contributed by atoms with Gasteiger partial charge in [-0.05, 0) is 30.5 Å². The zero-order valence-electron chi connectivity index (χ0n) is 12.1. The molecule has 0 radical (unpaired) electrons. The molecule has 2 aromatic rings. The van der Waals surface area contributed by atoms with Gasteiger partial charge in [-0.2, -0.15) is 0 Å². The van der Waals surface area contributed by atoms with E-state index < -0.39 is 9.84 Å². The molecule has 1 aliphatic rings. The molecule has 1 aliphatic carbocycles. The van der Waals surface area contributed by atoms with Gasteiger partial charge in [0.25, 0.3) is 5.56 Å². The first kappa shape index (κ1) is 14.8. The molecule has 0 bridgehead atoms. The van der Waals surface area contributed by atoms with Gasteiger partial charge in [0.1, 0.15) is 0 Å². The molecular formula is C15H16N2O4S. The van der Waals surface area contributed by atoms with Crippen LogP contribution in [0.2, 0.25) is 0 Å². The first-order valence-electron chi connectivity index (χ1n) is 6.97. The van der Waals surface area contributed by atoms with Crippen LogP contribution in [-0.4, -0.2) is 23.8 Å². The van der Waals surface area contributed by atoms with Gasteiger partial charge in [-0.1, -0.05) is 12.1 Å². The number of aromatic nitrogens is 2. The standard InChI is InChI=1S/C15H16N2O4S/c1-22(20,21)13-6-2-11(3-7-13)10-17-14(18)8-9-16(15(17)19)12-4-5-12/h2-3,6-9,12H,4-5,10H2,1H3. The number of benzene rings is 1. The molecule has 1 fully saturated rings. The Morgan fingerprint density at radius 2 is 1.73 bits per heavy atom.